The largest absolute Gasteiger partial charge is 0.506 e. The van der Waals surface area contributed by atoms with Crippen molar-refractivity contribution < 1.29 is 14.9 Å². The van der Waals surface area contributed by atoms with Gasteiger partial charge < -0.3 is 30.2 Å². The zero-order valence-electron chi connectivity index (χ0n) is 22.1. The van der Waals surface area contributed by atoms with Crippen LogP contribution in [0.2, 0.25) is 0 Å². The molecule has 5 aromatic rings. The van der Waals surface area contributed by atoms with E-state index >= 15 is 0 Å². The third-order valence-corrected chi connectivity index (χ3v) is 8.14. The molecule has 2 atom stereocenters. The van der Waals surface area contributed by atoms with Crippen LogP contribution in [-0.4, -0.2) is 73.6 Å². The van der Waals surface area contributed by atoms with Gasteiger partial charge in [-0.3, -0.25) is 14.3 Å². The summed E-state index contributed by atoms with van der Waals surface area (Å²) in [4.78, 5) is 30.4. The number of phenolic OH excluding ortho intramolecular Hbond substituents is 1. The number of nitrogens with zero attached hydrogens (tertiary/aromatic N) is 5. The number of thiazole rings is 1. The number of aliphatic hydroxyl groups is 1. The number of nitrogens with one attached hydrogen (secondary N) is 2. The van der Waals surface area contributed by atoms with E-state index in [1.54, 1.807) is 18.5 Å². The first-order chi connectivity index (χ1) is 19.5. The van der Waals surface area contributed by atoms with E-state index in [2.05, 4.69) is 44.2 Å². The minimum Gasteiger partial charge on any atom is -0.506 e. The van der Waals surface area contributed by atoms with Gasteiger partial charge in [-0.2, -0.15) is 0 Å². The molecule has 4 N–H and O–H groups in total. The molecule has 6 rings (SSSR count). The normalized spacial score (nSPS) is 16.4. The Morgan fingerprint density at radius 1 is 1.27 bits per heavy atom. The quantitative estimate of drug-likeness (QED) is 0.189. The van der Waals surface area contributed by atoms with E-state index in [-0.39, 0.29) is 16.7 Å². The van der Waals surface area contributed by atoms with Gasteiger partial charge in [0.05, 0.1) is 23.5 Å². The zero-order chi connectivity index (χ0) is 27.6. The van der Waals surface area contributed by atoms with Crippen LogP contribution in [0.1, 0.15) is 30.8 Å². The summed E-state index contributed by atoms with van der Waals surface area (Å²) in [6, 6.07) is 9.22. The number of hydrogen-bond donors (Lipinski definition) is 4. The number of hydrogen-bond acceptors (Lipinski definition) is 10. The Morgan fingerprint density at radius 2 is 2.17 bits per heavy atom. The Kier molecular flexibility index (Phi) is 7.48. The van der Waals surface area contributed by atoms with Crippen molar-refractivity contribution in [2.75, 3.05) is 37.7 Å². The molecule has 5 heterocycles. The number of fused-ring (bicyclic) bond motifs is 2. The second-order valence-corrected chi connectivity index (χ2v) is 10.8. The molecule has 0 bridgehead atoms. The van der Waals surface area contributed by atoms with Gasteiger partial charge in [-0.15, -0.1) is 0 Å². The van der Waals surface area contributed by atoms with Crippen LogP contribution in [0.5, 0.6) is 5.75 Å². The third-order valence-electron chi connectivity index (χ3n) is 7.20. The molecule has 40 heavy (non-hydrogen) atoms. The first kappa shape index (κ1) is 26.4. The first-order valence-electron chi connectivity index (χ1n) is 13.4. The topological polar surface area (TPSA) is 141 Å². The fourth-order valence-corrected chi connectivity index (χ4v) is 6.11. The molecule has 1 unspecified atom stereocenters. The van der Waals surface area contributed by atoms with Crippen molar-refractivity contribution in [3.63, 3.8) is 0 Å². The minimum atomic E-state index is -0.817. The predicted molar refractivity (Wildman–Crippen MR) is 155 cm³/mol. The average molecular weight is 562 g/mol. The van der Waals surface area contributed by atoms with E-state index in [1.165, 1.54) is 6.07 Å². The van der Waals surface area contributed by atoms with Crippen LogP contribution in [0.25, 0.3) is 26.9 Å². The lowest BCUT2D eigenvalue weighted by molar-refractivity contribution is 0.0680. The molecule has 208 valence electrons. The highest BCUT2D eigenvalue weighted by Gasteiger charge is 2.25. The molecule has 1 aliphatic rings. The van der Waals surface area contributed by atoms with Gasteiger partial charge >= 0.3 is 4.87 Å². The van der Waals surface area contributed by atoms with Gasteiger partial charge in [-0.1, -0.05) is 30.4 Å². The van der Waals surface area contributed by atoms with E-state index in [9.17, 15) is 15.0 Å². The van der Waals surface area contributed by atoms with Gasteiger partial charge in [0.25, 0.3) is 0 Å². The third kappa shape index (κ3) is 5.18. The van der Waals surface area contributed by atoms with Crippen LogP contribution < -0.4 is 15.1 Å². The van der Waals surface area contributed by atoms with E-state index < -0.39 is 6.10 Å². The summed E-state index contributed by atoms with van der Waals surface area (Å²) in [5, 5.41) is 24.9. The summed E-state index contributed by atoms with van der Waals surface area (Å²) < 4.78 is 8.73. The smallest absolute Gasteiger partial charge is 0.305 e. The number of aromatic amines is 1. The van der Waals surface area contributed by atoms with Gasteiger partial charge in [-0.05, 0) is 24.6 Å². The van der Waals surface area contributed by atoms with Gasteiger partial charge in [-0.25, -0.2) is 9.97 Å². The highest BCUT2D eigenvalue weighted by atomic mass is 32.1. The molecule has 1 aromatic carbocycles. The lowest BCUT2D eigenvalue weighted by Crippen LogP contribution is -2.29. The predicted octanol–water partition coefficient (Wildman–Crippen LogP) is 2.91. The van der Waals surface area contributed by atoms with Crippen molar-refractivity contribution in [1.29, 1.82) is 0 Å². The van der Waals surface area contributed by atoms with Gasteiger partial charge in [0.15, 0.2) is 5.82 Å². The second kappa shape index (κ2) is 11.3. The Bertz CT molecular complexity index is 1700. The van der Waals surface area contributed by atoms with Crippen LogP contribution in [0.3, 0.4) is 0 Å². The summed E-state index contributed by atoms with van der Waals surface area (Å²) in [6.07, 6.45) is 6.47. The van der Waals surface area contributed by atoms with Crippen LogP contribution in [0.4, 0.5) is 5.82 Å². The number of ether oxygens (including phenoxy) is 1. The van der Waals surface area contributed by atoms with Crippen LogP contribution in [-0.2, 0) is 11.2 Å². The molecule has 11 nitrogen and oxygen atoms in total. The summed E-state index contributed by atoms with van der Waals surface area (Å²) in [7, 11) is 0. The molecule has 0 radical (unpaired) electrons. The van der Waals surface area contributed by atoms with Gasteiger partial charge in [0.1, 0.15) is 28.4 Å². The molecular weight excluding hydrogens is 530 g/mol. The number of aromatic nitrogens is 5. The molecule has 12 heteroatoms. The van der Waals surface area contributed by atoms with E-state index in [1.807, 2.05) is 16.8 Å². The number of phenols is 1. The van der Waals surface area contributed by atoms with Crippen LogP contribution in [0.15, 0.2) is 53.7 Å². The van der Waals surface area contributed by atoms with Crippen molar-refractivity contribution in [1.82, 2.24) is 29.8 Å². The average Bonchev–Trinajstić information content (AvgIpc) is 3.72. The highest BCUT2D eigenvalue weighted by Crippen LogP contribution is 2.31. The minimum absolute atomic E-state index is 0.00418. The number of aliphatic hydroxyl groups excluding tert-OH is 1. The number of aromatic hydroxyl groups is 1. The van der Waals surface area contributed by atoms with Crippen molar-refractivity contribution >= 4 is 38.3 Å². The lowest BCUT2D eigenvalue weighted by Gasteiger charge is -2.20. The Hall–Kier alpha value is -3.84. The number of anilines is 1. The van der Waals surface area contributed by atoms with Crippen molar-refractivity contribution in [2.24, 2.45) is 0 Å². The number of aryl methyl sites for hydroxylation is 1. The summed E-state index contributed by atoms with van der Waals surface area (Å²) in [5.74, 6) is 2.62. The summed E-state index contributed by atoms with van der Waals surface area (Å²) in [6.45, 7) is 5.04. The molecule has 0 amide bonds. The van der Waals surface area contributed by atoms with Crippen LogP contribution in [0, 0.1) is 0 Å². The molecule has 1 saturated heterocycles. The standard InChI is InChI=1S/C28H31N7O4S/c1-2-22-30-9-12-35(22)27-24-17(4-3-8-31-24)14-23(32-27)34-11-7-18(16-34)39-13-10-29-15-21(37)19-5-6-20(36)25-26(19)40-28(38)33-25/h3-6,8-9,12,14,18,21,29,36-37H,2,7,10-11,13,15-16H2,1H3,(H,33,38)/t18?,21-/m0/s1. The van der Waals surface area contributed by atoms with E-state index in [4.69, 9.17) is 9.72 Å². The summed E-state index contributed by atoms with van der Waals surface area (Å²) >= 11 is 0.981. The van der Waals surface area contributed by atoms with E-state index in [0.29, 0.717) is 35.5 Å². The molecule has 0 aliphatic carbocycles. The number of rotatable bonds is 10. The fourth-order valence-electron chi connectivity index (χ4n) is 5.19. The van der Waals surface area contributed by atoms with Gasteiger partial charge in [0.2, 0.25) is 0 Å². The number of pyridine rings is 2. The maximum absolute atomic E-state index is 11.7. The fraction of sp³-hybridized carbons (Fsp3) is 0.357. The maximum Gasteiger partial charge on any atom is 0.305 e. The monoisotopic (exact) mass is 561 g/mol. The Morgan fingerprint density at radius 3 is 3.05 bits per heavy atom. The molecule has 1 fully saturated rings. The van der Waals surface area contributed by atoms with E-state index in [0.717, 1.165) is 65.6 Å². The lowest BCUT2D eigenvalue weighted by atomic mass is 10.1. The Labute approximate surface area is 234 Å². The number of benzene rings is 1. The SMILES string of the molecule is CCc1nccn1-c1nc(N2CCC(OCCNC[C@H](O)c3ccc(O)c4[nH]c(=O)sc34)C2)cc2cccnc12. The molecule has 1 aliphatic heterocycles. The molecular formula is C28H31N7O4S. The van der Waals surface area contributed by atoms with Crippen molar-refractivity contribution in [2.45, 2.75) is 32.0 Å². The molecule has 0 spiro atoms. The van der Waals surface area contributed by atoms with Gasteiger partial charge in [0, 0.05) is 62.1 Å². The van der Waals surface area contributed by atoms with Crippen molar-refractivity contribution in [3.8, 4) is 11.6 Å². The molecule has 0 saturated carbocycles. The van der Waals surface area contributed by atoms with Crippen LogP contribution >= 0.6 is 11.3 Å². The maximum atomic E-state index is 11.7. The van der Waals surface area contributed by atoms with Crippen molar-refractivity contribution in [3.05, 3.63) is 70.0 Å². The first-order valence-corrected chi connectivity index (χ1v) is 14.2. The number of imidazole rings is 1. The molecule has 4 aromatic heterocycles. The Balaban J connectivity index is 1.05. The second-order valence-electron chi connectivity index (χ2n) is 9.79. The zero-order valence-corrected chi connectivity index (χ0v) is 22.9. The highest BCUT2D eigenvalue weighted by molar-refractivity contribution is 7.16. The number of H-pyrrole nitrogens is 1. The summed E-state index contributed by atoms with van der Waals surface area (Å²) in [5.41, 5.74) is 1.81.